The van der Waals surface area contributed by atoms with Crippen LogP contribution in [-0.2, 0) is 11.3 Å². The molecule has 3 heterocycles. The normalized spacial score (nSPS) is 17.1. The molecule has 4 rings (SSSR count). The molecule has 0 radical (unpaired) electrons. The molecule has 0 spiro atoms. The second-order valence-corrected chi connectivity index (χ2v) is 10.6. The maximum Gasteiger partial charge on any atom is 0.254 e. The first-order valence-corrected chi connectivity index (χ1v) is 13.8. The van der Waals surface area contributed by atoms with Gasteiger partial charge in [-0.15, -0.1) is 0 Å². The number of hydrogen-bond acceptors (Lipinski definition) is 10. The molecule has 13 nitrogen and oxygen atoms in total. The number of nitrogens with two attached hydrogens (primary N) is 3. The summed E-state index contributed by atoms with van der Waals surface area (Å²) in [5.41, 5.74) is 13.5. The summed E-state index contributed by atoms with van der Waals surface area (Å²) in [4.78, 5) is 37.6. The van der Waals surface area contributed by atoms with Gasteiger partial charge in [-0.2, -0.15) is 10.4 Å². The van der Waals surface area contributed by atoms with E-state index in [9.17, 15) is 9.59 Å². The number of carbonyl (C=O) groups is 2. The van der Waals surface area contributed by atoms with Crippen molar-refractivity contribution in [1.29, 1.82) is 10.7 Å². The van der Waals surface area contributed by atoms with Gasteiger partial charge < -0.3 is 32.9 Å². The number of carbonyl (C=O) groups excluding carboxylic acids is 2. The first-order chi connectivity index (χ1) is 19.8. The minimum absolute atomic E-state index is 0.0534. The number of amidine groups is 1. The SMILES string of the molecule is N#CCC(=O)N1CCC(c2nc(C=N)c(C(N)=O)c(Nc3ccc(CN4CCC(C/C(N)=N/N)CC4)cc3)n2)CC1. The Labute approximate surface area is 239 Å². The van der Waals surface area contributed by atoms with Gasteiger partial charge in [0.2, 0.25) is 5.91 Å². The zero-order valence-corrected chi connectivity index (χ0v) is 23.1. The van der Waals surface area contributed by atoms with Crippen molar-refractivity contribution < 1.29 is 9.59 Å². The maximum atomic E-state index is 12.3. The summed E-state index contributed by atoms with van der Waals surface area (Å²) in [7, 11) is 0. The quantitative estimate of drug-likeness (QED) is 0.124. The fourth-order valence-electron chi connectivity index (χ4n) is 5.47. The Morgan fingerprint density at radius 3 is 2.37 bits per heavy atom. The van der Waals surface area contributed by atoms with Crippen molar-refractivity contribution in [3.05, 3.63) is 46.9 Å². The number of nitrogens with one attached hydrogen (secondary N) is 2. The van der Waals surface area contributed by atoms with Crippen LogP contribution in [0, 0.1) is 22.7 Å². The lowest BCUT2D eigenvalue weighted by Gasteiger charge is -2.31. The zero-order chi connectivity index (χ0) is 29.4. The second-order valence-electron chi connectivity index (χ2n) is 10.6. The van der Waals surface area contributed by atoms with E-state index < -0.39 is 5.91 Å². The first kappa shape index (κ1) is 29.4. The van der Waals surface area contributed by atoms with E-state index in [0.29, 0.717) is 43.5 Å². The van der Waals surface area contributed by atoms with Crippen LogP contribution in [0.4, 0.5) is 11.5 Å². The average Bonchev–Trinajstić information content (AvgIpc) is 2.98. The van der Waals surface area contributed by atoms with Crippen molar-refractivity contribution in [2.24, 2.45) is 28.3 Å². The lowest BCUT2D eigenvalue weighted by Crippen LogP contribution is -2.38. The number of benzene rings is 1. The Balaban J connectivity index is 1.43. The summed E-state index contributed by atoms with van der Waals surface area (Å²) in [6, 6.07) is 9.82. The van der Waals surface area contributed by atoms with Crippen LogP contribution in [0.2, 0.25) is 0 Å². The molecule has 2 aliphatic rings. The van der Waals surface area contributed by atoms with Gasteiger partial charge in [-0.3, -0.25) is 14.5 Å². The Morgan fingerprint density at radius 1 is 1.10 bits per heavy atom. The molecule has 2 amide bonds. The molecule has 1 aromatic heterocycles. The van der Waals surface area contributed by atoms with Crippen molar-refractivity contribution in [2.75, 3.05) is 31.5 Å². The van der Waals surface area contributed by atoms with Gasteiger partial charge in [-0.25, -0.2) is 9.97 Å². The number of hydrogen-bond donors (Lipinski definition) is 5. The molecule has 13 heteroatoms. The van der Waals surface area contributed by atoms with E-state index in [1.54, 1.807) is 4.90 Å². The van der Waals surface area contributed by atoms with E-state index in [1.165, 1.54) is 0 Å². The molecule has 1 aromatic carbocycles. The third kappa shape index (κ3) is 7.55. The number of anilines is 2. The molecule has 2 saturated heterocycles. The van der Waals surface area contributed by atoms with Gasteiger partial charge in [0, 0.05) is 43.9 Å². The number of piperidine rings is 2. The molecule has 8 N–H and O–H groups in total. The van der Waals surface area contributed by atoms with E-state index in [-0.39, 0.29) is 35.3 Å². The van der Waals surface area contributed by atoms with E-state index in [1.807, 2.05) is 30.3 Å². The number of nitrogens with zero attached hydrogens (tertiary/aromatic N) is 6. The van der Waals surface area contributed by atoms with Crippen LogP contribution in [0.3, 0.4) is 0 Å². The Bertz CT molecular complexity index is 1320. The number of rotatable bonds is 10. The van der Waals surface area contributed by atoms with Crippen molar-refractivity contribution >= 4 is 35.4 Å². The van der Waals surface area contributed by atoms with Gasteiger partial charge in [-0.05, 0) is 62.4 Å². The van der Waals surface area contributed by atoms with Crippen molar-refractivity contribution in [2.45, 2.75) is 51.0 Å². The van der Waals surface area contributed by atoms with E-state index in [2.05, 4.69) is 25.3 Å². The largest absolute Gasteiger partial charge is 0.386 e. The summed E-state index contributed by atoms with van der Waals surface area (Å²) in [5, 5.41) is 23.5. The highest BCUT2D eigenvalue weighted by Gasteiger charge is 2.28. The highest BCUT2D eigenvalue weighted by molar-refractivity contribution is 6.04. The van der Waals surface area contributed by atoms with E-state index in [4.69, 9.17) is 28.0 Å². The molecule has 0 bridgehead atoms. The average molecular weight is 560 g/mol. The second kappa shape index (κ2) is 13.7. The molecule has 2 fully saturated rings. The number of amides is 2. The van der Waals surface area contributed by atoms with Crippen LogP contribution in [0.15, 0.2) is 29.4 Å². The van der Waals surface area contributed by atoms with Crippen molar-refractivity contribution in [3.63, 3.8) is 0 Å². The third-order valence-corrected chi connectivity index (χ3v) is 7.77. The molecule has 0 unspecified atom stereocenters. The van der Waals surface area contributed by atoms with Crippen LogP contribution in [-0.4, -0.2) is 69.8 Å². The molecule has 41 heavy (non-hydrogen) atoms. The van der Waals surface area contributed by atoms with Gasteiger partial charge in [0.05, 0.1) is 11.8 Å². The van der Waals surface area contributed by atoms with Gasteiger partial charge in [0.1, 0.15) is 29.5 Å². The fraction of sp³-hybridized carbons (Fsp3) is 0.464. The highest BCUT2D eigenvalue weighted by atomic mass is 16.2. The summed E-state index contributed by atoms with van der Waals surface area (Å²) in [5.74, 6) is 6.04. The Morgan fingerprint density at radius 2 is 1.78 bits per heavy atom. The summed E-state index contributed by atoms with van der Waals surface area (Å²) >= 11 is 0. The minimum atomic E-state index is -0.728. The number of aromatic nitrogens is 2. The lowest BCUT2D eigenvalue weighted by atomic mass is 9.93. The van der Waals surface area contributed by atoms with Crippen molar-refractivity contribution in [3.8, 4) is 6.07 Å². The number of hydrazone groups is 1. The number of primary amides is 1. The van der Waals surface area contributed by atoms with Crippen LogP contribution in [0.25, 0.3) is 0 Å². The van der Waals surface area contributed by atoms with Crippen LogP contribution in [0.1, 0.15) is 71.9 Å². The molecule has 2 aliphatic heterocycles. The van der Waals surface area contributed by atoms with Gasteiger partial charge in [0.25, 0.3) is 5.91 Å². The Hall–Kier alpha value is -4.57. The summed E-state index contributed by atoms with van der Waals surface area (Å²) in [6.07, 6.45) is 4.93. The summed E-state index contributed by atoms with van der Waals surface area (Å²) < 4.78 is 0. The van der Waals surface area contributed by atoms with E-state index in [0.717, 1.165) is 56.4 Å². The third-order valence-electron chi connectivity index (χ3n) is 7.77. The van der Waals surface area contributed by atoms with E-state index >= 15 is 0 Å². The van der Waals surface area contributed by atoms with Crippen LogP contribution >= 0.6 is 0 Å². The molecule has 2 aromatic rings. The zero-order valence-electron chi connectivity index (χ0n) is 23.1. The predicted octanol–water partition coefficient (Wildman–Crippen LogP) is 1.77. The lowest BCUT2D eigenvalue weighted by molar-refractivity contribution is -0.131. The first-order valence-electron chi connectivity index (χ1n) is 13.8. The van der Waals surface area contributed by atoms with Crippen LogP contribution < -0.4 is 22.6 Å². The predicted molar refractivity (Wildman–Crippen MR) is 155 cm³/mol. The topological polar surface area (TPSA) is 216 Å². The van der Waals surface area contributed by atoms with Crippen molar-refractivity contribution in [1.82, 2.24) is 19.8 Å². The molecular weight excluding hydrogens is 522 g/mol. The molecule has 216 valence electrons. The monoisotopic (exact) mass is 559 g/mol. The maximum absolute atomic E-state index is 12.3. The Kier molecular flexibility index (Phi) is 9.81. The molecule has 0 aliphatic carbocycles. The van der Waals surface area contributed by atoms with Gasteiger partial charge >= 0.3 is 0 Å². The molecular formula is C28H37N11O2. The fourth-order valence-corrected chi connectivity index (χ4v) is 5.47. The van der Waals surface area contributed by atoms with Crippen LogP contribution in [0.5, 0.6) is 0 Å². The smallest absolute Gasteiger partial charge is 0.254 e. The number of nitriles is 1. The highest BCUT2D eigenvalue weighted by Crippen LogP contribution is 2.30. The van der Waals surface area contributed by atoms with Gasteiger partial charge in [-0.1, -0.05) is 12.1 Å². The minimum Gasteiger partial charge on any atom is -0.386 e. The standard InChI is InChI=1S/C28H37N11O2/c29-10-5-24(40)39-13-8-20(9-14-39)27-35-22(16-30)25(26(32)41)28(36-27)34-21-3-1-19(2-4-21)17-38-11-6-18(7-12-38)15-23(31)37-33/h1-4,16,18,20,30H,5-9,11-15,17,33H2,(H2,31,37)(H2,32,41)(H,34,35,36). The summed E-state index contributed by atoms with van der Waals surface area (Å²) in [6.45, 7) is 3.76. The van der Waals surface area contributed by atoms with Gasteiger partial charge in [0.15, 0.2) is 0 Å². The molecule has 0 atom stereocenters. The number of likely N-dealkylation sites (tertiary alicyclic amines) is 2. The molecule has 0 saturated carbocycles.